The SMILES string of the molecule is CN(CC1CCCO1)C(=O)C1NCC2CCCC21. The minimum Gasteiger partial charge on any atom is -0.376 e. The summed E-state index contributed by atoms with van der Waals surface area (Å²) < 4.78 is 5.61. The Morgan fingerprint density at radius 3 is 3.00 bits per heavy atom. The summed E-state index contributed by atoms with van der Waals surface area (Å²) in [5.41, 5.74) is 0. The highest BCUT2D eigenvalue weighted by Gasteiger charge is 2.43. The van der Waals surface area contributed by atoms with Gasteiger partial charge >= 0.3 is 0 Å². The minimum absolute atomic E-state index is 0.0731. The lowest BCUT2D eigenvalue weighted by atomic mass is 9.93. The van der Waals surface area contributed by atoms with Gasteiger partial charge in [0.2, 0.25) is 5.91 Å². The molecular weight excluding hydrogens is 228 g/mol. The number of fused-ring (bicyclic) bond motifs is 1. The number of rotatable bonds is 3. The highest BCUT2D eigenvalue weighted by atomic mass is 16.5. The molecule has 4 unspecified atom stereocenters. The van der Waals surface area contributed by atoms with Gasteiger partial charge in [0.1, 0.15) is 0 Å². The number of ether oxygens (including phenoxy) is 1. The van der Waals surface area contributed by atoms with Gasteiger partial charge in [-0.2, -0.15) is 0 Å². The molecule has 0 spiro atoms. The van der Waals surface area contributed by atoms with Crippen molar-refractivity contribution >= 4 is 5.91 Å². The summed E-state index contributed by atoms with van der Waals surface area (Å²) in [6.07, 6.45) is 6.33. The fraction of sp³-hybridized carbons (Fsp3) is 0.929. The number of hydrogen-bond donors (Lipinski definition) is 1. The van der Waals surface area contributed by atoms with Gasteiger partial charge in [0.15, 0.2) is 0 Å². The second kappa shape index (κ2) is 5.17. The van der Waals surface area contributed by atoms with Crippen LogP contribution in [0.2, 0.25) is 0 Å². The first-order chi connectivity index (χ1) is 8.75. The van der Waals surface area contributed by atoms with Gasteiger partial charge in [-0.3, -0.25) is 4.79 Å². The second-order valence-electron chi connectivity index (χ2n) is 6.09. The normalized spacial score (nSPS) is 38.9. The van der Waals surface area contributed by atoms with Crippen LogP contribution in [0.3, 0.4) is 0 Å². The van der Waals surface area contributed by atoms with Crippen LogP contribution >= 0.6 is 0 Å². The van der Waals surface area contributed by atoms with Crippen molar-refractivity contribution in [3.8, 4) is 0 Å². The van der Waals surface area contributed by atoms with Crippen molar-refractivity contribution in [1.29, 1.82) is 0 Å². The maximum Gasteiger partial charge on any atom is 0.239 e. The van der Waals surface area contributed by atoms with Crippen LogP contribution in [-0.4, -0.2) is 49.7 Å². The molecule has 1 saturated carbocycles. The number of likely N-dealkylation sites (N-methyl/N-ethyl adjacent to an activating group) is 1. The van der Waals surface area contributed by atoms with Crippen molar-refractivity contribution in [2.45, 2.75) is 44.2 Å². The molecule has 3 fully saturated rings. The minimum atomic E-state index is 0.0731. The van der Waals surface area contributed by atoms with E-state index in [1.165, 1.54) is 19.3 Å². The molecule has 102 valence electrons. The Hall–Kier alpha value is -0.610. The van der Waals surface area contributed by atoms with Crippen LogP contribution in [0.1, 0.15) is 32.1 Å². The highest BCUT2D eigenvalue weighted by Crippen LogP contribution is 2.38. The lowest BCUT2D eigenvalue weighted by Gasteiger charge is -2.26. The maximum absolute atomic E-state index is 12.5. The Balaban J connectivity index is 1.56. The molecule has 2 heterocycles. The van der Waals surface area contributed by atoms with Crippen LogP contribution < -0.4 is 5.32 Å². The Morgan fingerprint density at radius 2 is 2.22 bits per heavy atom. The first-order valence-corrected chi connectivity index (χ1v) is 7.35. The van der Waals surface area contributed by atoms with Gasteiger partial charge in [0.25, 0.3) is 0 Å². The van der Waals surface area contributed by atoms with E-state index < -0.39 is 0 Å². The lowest BCUT2D eigenvalue weighted by molar-refractivity contribution is -0.134. The predicted octanol–water partition coefficient (Wildman–Crippen LogP) is 1.01. The van der Waals surface area contributed by atoms with Gasteiger partial charge in [0.05, 0.1) is 12.1 Å². The molecule has 1 N–H and O–H groups in total. The number of amides is 1. The summed E-state index contributed by atoms with van der Waals surface area (Å²) >= 11 is 0. The Labute approximate surface area is 109 Å². The third kappa shape index (κ3) is 2.28. The molecule has 1 amide bonds. The standard InChI is InChI=1S/C14H24N2O2/c1-16(9-11-5-3-7-18-11)14(17)13-12-6-2-4-10(12)8-15-13/h10-13,15H,2-9H2,1H3. The van der Waals surface area contributed by atoms with Crippen molar-refractivity contribution in [2.24, 2.45) is 11.8 Å². The Morgan fingerprint density at radius 1 is 1.33 bits per heavy atom. The molecule has 18 heavy (non-hydrogen) atoms. The number of carbonyl (C=O) groups excluding carboxylic acids is 1. The summed E-state index contributed by atoms with van der Waals surface area (Å²) in [6, 6.07) is 0.0731. The zero-order valence-electron chi connectivity index (χ0n) is 11.2. The fourth-order valence-corrected chi connectivity index (χ4v) is 3.88. The van der Waals surface area contributed by atoms with Gasteiger partial charge in [-0.25, -0.2) is 0 Å². The fourth-order valence-electron chi connectivity index (χ4n) is 3.88. The molecule has 4 nitrogen and oxygen atoms in total. The molecule has 0 radical (unpaired) electrons. The Bertz CT molecular complexity index is 315. The quantitative estimate of drug-likeness (QED) is 0.815. The zero-order chi connectivity index (χ0) is 12.5. The van der Waals surface area contributed by atoms with E-state index in [1.54, 1.807) is 0 Å². The molecule has 3 aliphatic rings. The van der Waals surface area contributed by atoms with Crippen LogP contribution in [0, 0.1) is 11.8 Å². The number of carbonyl (C=O) groups is 1. The summed E-state index contributed by atoms with van der Waals surface area (Å²) in [6.45, 7) is 2.66. The van der Waals surface area contributed by atoms with Gasteiger partial charge < -0.3 is 15.0 Å². The van der Waals surface area contributed by atoms with Crippen molar-refractivity contribution in [3.63, 3.8) is 0 Å². The van der Waals surface area contributed by atoms with Crippen molar-refractivity contribution in [2.75, 3.05) is 26.7 Å². The smallest absolute Gasteiger partial charge is 0.239 e. The van der Waals surface area contributed by atoms with Gasteiger partial charge in [-0.15, -0.1) is 0 Å². The van der Waals surface area contributed by atoms with Gasteiger partial charge in [-0.05, 0) is 44.1 Å². The Kier molecular flexibility index (Phi) is 3.57. The first kappa shape index (κ1) is 12.4. The number of nitrogens with one attached hydrogen (secondary N) is 1. The molecule has 1 aliphatic carbocycles. The maximum atomic E-state index is 12.5. The van der Waals surface area contributed by atoms with E-state index in [1.807, 2.05) is 11.9 Å². The van der Waals surface area contributed by atoms with E-state index in [9.17, 15) is 4.79 Å². The molecule has 0 aromatic heterocycles. The molecule has 0 aromatic rings. The van der Waals surface area contributed by atoms with Crippen LogP contribution in [0.25, 0.3) is 0 Å². The molecular formula is C14H24N2O2. The first-order valence-electron chi connectivity index (χ1n) is 7.35. The van der Waals surface area contributed by atoms with Crippen molar-refractivity contribution < 1.29 is 9.53 Å². The molecule has 4 atom stereocenters. The second-order valence-corrected chi connectivity index (χ2v) is 6.09. The van der Waals surface area contributed by atoms with E-state index in [4.69, 9.17) is 4.74 Å². The highest BCUT2D eigenvalue weighted by molar-refractivity contribution is 5.82. The monoisotopic (exact) mass is 252 g/mol. The molecule has 0 bridgehead atoms. The van der Waals surface area contributed by atoms with Crippen LogP contribution in [0.4, 0.5) is 0 Å². The predicted molar refractivity (Wildman–Crippen MR) is 69.2 cm³/mol. The largest absolute Gasteiger partial charge is 0.376 e. The third-order valence-corrected chi connectivity index (χ3v) is 4.89. The average molecular weight is 252 g/mol. The zero-order valence-corrected chi connectivity index (χ0v) is 11.2. The summed E-state index contributed by atoms with van der Waals surface area (Å²) in [7, 11) is 1.92. The summed E-state index contributed by atoms with van der Waals surface area (Å²) in [5.74, 6) is 1.61. The topological polar surface area (TPSA) is 41.6 Å². The van der Waals surface area contributed by atoms with E-state index in [0.717, 1.165) is 38.5 Å². The molecule has 2 saturated heterocycles. The molecule has 2 aliphatic heterocycles. The van der Waals surface area contributed by atoms with Crippen LogP contribution in [-0.2, 0) is 9.53 Å². The number of hydrogen-bond acceptors (Lipinski definition) is 3. The lowest BCUT2D eigenvalue weighted by Crippen LogP contribution is -2.46. The molecule has 0 aromatic carbocycles. The van der Waals surface area contributed by atoms with E-state index >= 15 is 0 Å². The average Bonchev–Trinajstić information content (AvgIpc) is 3.04. The number of nitrogens with zero attached hydrogens (tertiary/aromatic N) is 1. The summed E-state index contributed by atoms with van der Waals surface area (Å²) in [5, 5.41) is 3.43. The molecule has 4 heteroatoms. The third-order valence-electron chi connectivity index (χ3n) is 4.89. The van der Waals surface area contributed by atoms with Crippen molar-refractivity contribution in [1.82, 2.24) is 10.2 Å². The van der Waals surface area contributed by atoms with E-state index in [2.05, 4.69) is 5.32 Å². The van der Waals surface area contributed by atoms with Crippen LogP contribution in [0.5, 0.6) is 0 Å². The van der Waals surface area contributed by atoms with Crippen LogP contribution in [0.15, 0.2) is 0 Å². The van der Waals surface area contributed by atoms with Gasteiger partial charge in [0, 0.05) is 20.2 Å². The van der Waals surface area contributed by atoms with Gasteiger partial charge in [-0.1, -0.05) is 6.42 Å². The van der Waals surface area contributed by atoms with E-state index in [-0.39, 0.29) is 18.1 Å². The van der Waals surface area contributed by atoms with Crippen molar-refractivity contribution in [3.05, 3.63) is 0 Å². The summed E-state index contributed by atoms with van der Waals surface area (Å²) in [4.78, 5) is 14.4. The molecule has 3 rings (SSSR count). The van der Waals surface area contributed by atoms with E-state index in [0.29, 0.717) is 5.92 Å².